The number of halogens is 3. The molecule has 2 nitrogen and oxygen atoms in total. The maximum absolute atomic E-state index is 12.3. The molecule has 0 atom stereocenters. The quantitative estimate of drug-likeness (QED) is 0.640. The number of hydrogen-bond acceptors (Lipinski definition) is 2. The Morgan fingerprint density at radius 3 is 2.44 bits per heavy atom. The van der Waals surface area contributed by atoms with Crippen LogP contribution in [0.1, 0.15) is 15.9 Å². The van der Waals surface area contributed by atoms with Gasteiger partial charge in [0, 0.05) is 26.3 Å². The van der Waals surface area contributed by atoms with Crippen LogP contribution in [0.15, 0.2) is 40.9 Å². The second-order valence-corrected chi connectivity index (χ2v) is 5.44. The van der Waals surface area contributed by atoms with Crippen molar-refractivity contribution < 1.29 is 4.79 Å². The number of nitrogen functional groups attached to an aromatic ring is 1. The van der Waals surface area contributed by atoms with Crippen molar-refractivity contribution in [3.05, 3.63) is 62.0 Å². The van der Waals surface area contributed by atoms with Crippen molar-refractivity contribution in [1.29, 1.82) is 0 Å². The highest BCUT2D eigenvalue weighted by Crippen LogP contribution is 2.26. The monoisotopic (exact) mass is 343 g/mol. The van der Waals surface area contributed by atoms with Crippen molar-refractivity contribution in [3.63, 3.8) is 0 Å². The first-order chi connectivity index (χ1) is 8.49. The number of anilines is 1. The molecule has 0 saturated carbocycles. The Kier molecular flexibility index (Phi) is 3.95. The highest BCUT2D eigenvalue weighted by molar-refractivity contribution is 9.10. The van der Waals surface area contributed by atoms with Crippen molar-refractivity contribution in [1.82, 2.24) is 0 Å². The average Bonchev–Trinajstić information content (AvgIpc) is 2.31. The van der Waals surface area contributed by atoms with Gasteiger partial charge in [-0.25, -0.2) is 0 Å². The Morgan fingerprint density at radius 1 is 1.06 bits per heavy atom. The van der Waals surface area contributed by atoms with E-state index in [-0.39, 0.29) is 5.78 Å². The minimum Gasteiger partial charge on any atom is -0.398 e. The van der Waals surface area contributed by atoms with Crippen LogP contribution in [0.2, 0.25) is 10.0 Å². The Balaban J connectivity index is 2.51. The number of carbonyl (C=O) groups excluding carboxylic acids is 1. The number of benzene rings is 2. The van der Waals surface area contributed by atoms with Crippen LogP contribution in [-0.2, 0) is 0 Å². The summed E-state index contributed by atoms with van der Waals surface area (Å²) in [5, 5.41) is 0.797. The van der Waals surface area contributed by atoms with Gasteiger partial charge >= 0.3 is 0 Å². The van der Waals surface area contributed by atoms with Gasteiger partial charge in [0.1, 0.15) is 0 Å². The van der Waals surface area contributed by atoms with Gasteiger partial charge in [0.25, 0.3) is 0 Å². The summed E-state index contributed by atoms with van der Waals surface area (Å²) in [6.07, 6.45) is 0. The highest BCUT2D eigenvalue weighted by atomic mass is 79.9. The smallest absolute Gasteiger partial charge is 0.196 e. The predicted molar refractivity (Wildman–Crippen MR) is 78.4 cm³/mol. The van der Waals surface area contributed by atoms with E-state index in [9.17, 15) is 4.79 Å². The zero-order valence-corrected chi connectivity index (χ0v) is 12.2. The summed E-state index contributed by atoms with van der Waals surface area (Å²) in [4.78, 5) is 12.3. The molecule has 2 rings (SSSR count). The van der Waals surface area contributed by atoms with E-state index in [0.717, 1.165) is 4.47 Å². The van der Waals surface area contributed by atoms with E-state index in [4.69, 9.17) is 28.9 Å². The van der Waals surface area contributed by atoms with Gasteiger partial charge < -0.3 is 5.73 Å². The van der Waals surface area contributed by atoms with Crippen molar-refractivity contribution in [2.75, 3.05) is 5.73 Å². The number of rotatable bonds is 2. The second kappa shape index (κ2) is 5.31. The first-order valence-electron chi connectivity index (χ1n) is 5.04. The lowest BCUT2D eigenvalue weighted by Gasteiger charge is -2.07. The normalized spacial score (nSPS) is 10.4. The van der Waals surface area contributed by atoms with E-state index in [1.54, 1.807) is 30.3 Å². The molecular weight excluding hydrogens is 337 g/mol. The molecular formula is C13H8BrCl2NO. The molecule has 0 bridgehead atoms. The van der Waals surface area contributed by atoms with Gasteiger partial charge in [0.2, 0.25) is 0 Å². The zero-order valence-electron chi connectivity index (χ0n) is 9.08. The Bertz CT molecular complexity index is 628. The minimum atomic E-state index is -0.226. The van der Waals surface area contributed by atoms with Crippen LogP contribution in [0.25, 0.3) is 0 Å². The summed E-state index contributed by atoms with van der Waals surface area (Å²) < 4.78 is 0.783. The molecule has 2 aromatic rings. The van der Waals surface area contributed by atoms with Gasteiger partial charge in [-0.3, -0.25) is 4.79 Å². The summed E-state index contributed by atoms with van der Waals surface area (Å²) in [5.74, 6) is -0.226. The Labute approximate surface area is 123 Å². The third-order valence-corrected chi connectivity index (χ3v) is 3.48. The molecule has 18 heavy (non-hydrogen) atoms. The molecule has 0 aliphatic carbocycles. The topological polar surface area (TPSA) is 43.1 Å². The fourth-order valence-electron chi connectivity index (χ4n) is 1.54. The first-order valence-corrected chi connectivity index (χ1v) is 6.58. The van der Waals surface area contributed by atoms with Crippen LogP contribution < -0.4 is 5.73 Å². The van der Waals surface area contributed by atoms with E-state index < -0.39 is 0 Å². The van der Waals surface area contributed by atoms with Gasteiger partial charge in [0.05, 0.1) is 5.02 Å². The van der Waals surface area contributed by atoms with Crippen LogP contribution in [0.4, 0.5) is 5.69 Å². The summed E-state index contributed by atoms with van der Waals surface area (Å²) in [6.45, 7) is 0. The molecule has 0 aliphatic rings. The van der Waals surface area contributed by atoms with E-state index >= 15 is 0 Å². The van der Waals surface area contributed by atoms with Crippen LogP contribution in [0.5, 0.6) is 0 Å². The number of ketones is 1. The van der Waals surface area contributed by atoms with Gasteiger partial charge in [0.15, 0.2) is 5.78 Å². The van der Waals surface area contributed by atoms with Crippen molar-refractivity contribution in [2.45, 2.75) is 0 Å². The second-order valence-electron chi connectivity index (χ2n) is 3.68. The van der Waals surface area contributed by atoms with E-state index in [1.165, 1.54) is 6.07 Å². The molecule has 0 aliphatic heterocycles. The SMILES string of the molecule is Nc1ccc(Br)cc1C(=O)c1ccc(Cl)cc1Cl. The first kappa shape index (κ1) is 13.4. The Hall–Kier alpha value is -1.03. The van der Waals surface area contributed by atoms with Gasteiger partial charge in [-0.05, 0) is 36.4 Å². The predicted octanol–water partition coefficient (Wildman–Crippen LogP) is 4.57. The van der Waals surface area contributed by atoms with Crippen molar-refractivity contribution in [2.24, 2.45) is 0 Å². The van der Waals surface area contributed by atoms with Crippen LogP contribution in [-0.4, -0.2) is 5.78 Å². The van der Waals surface area contributed by atoms with Gasteiger partial charge in [-0.2, -0.15) is 0 Å². The molecule has 0 heterocycles. The van der Waals surface area contributed by atoms with E-state index in [1.807, 2.05) is 0 Å². The summed E-state index contributed by atoms with van der Waals surface area (Å²) in [7, 11) is 0. The molecule has 0 amide bonds. The number of carbonyl (C=O) groups is 1. The molecule has 2 N–H and O–H groups in total. The molecule has 0 radical (unpaired) electrons. The highest BCUT2D eigenvalue weighted by Gasteiger charge is 2.16. The molecule has 0 spiro atoms. The molecule has 0 unspecified atom stereocenters. The lowest BCUT2D eigenvalue weighted by molar-refractivity contribution is 0.103. The largest absolute Gasteiger partial charge is 0.398 e. The Morgan fingerprint density at radius 2 is 1.78 bits per heavy atom. The lowest BCUT2D eigenvalue weighted by Crippen LogP contribution is -2.06. The third kappa shape index (κ3) is 2.69. The molecule has 2 aromatic carbocycles. The molecule has 0 saturated heterocycles. The molecule has 5 heteroatoms. The van der Waals surface area contributed by atoms with E-state index in [2.05, 4.69) is 15.9 Å². The standard InChI is InChI=1S/C13H8BrCl2NO/c14-7-1-4-12(17)10(5-7)13(18)9-3-2-8(15)6-11(9)16/h1-6H,17H2. The lowest BCUT2D eigenvalue weighted by atomic mass is 10.0. The fourth-order valence-corrected chi connectivity index (χ4v) is 2.40. The van der Waals surface area contributed by atoms with Crippen molar-refractivity contribution in [3.8, 4) is 0 Å². The van der Waals surface area contributed by atoms with Crippen LogP contribution in [0, 0.1) is 0 Å². The molecule has 0 fully saturated rings. The molecule has 0 aromatic heterocycles. The maximum atomic E-state index is 12.3. The zero-order chi connectivity index (χ0) is 13.3. The summed E-state index contributed by atoms with van der Waals surface area (Å²) >= 11 is 15.1. The summed E-state index contributed by atoms with van der Waals surface area (Å²) in [5.41, 5.74) is 7.00. The van der Waals surface area contributed by atoms with Crippen molar-refractivity contribution >= 4 is 50.6 Å². The van der Waals surface area contributed by atoms with Gasteiger partial charge in [-0.1, -0.05) is 39.1 Å². The fraction of sp³-hybridized carbons (Fsp3) is 0. The summed E-state index contributed by atoms with van der Waals surface area (Å²) in [6, 6.07) is 9.85. The average molecular weight is 345 g/mol. The van der Waals surface area contributed by atoms with Crippen LogP contribution in [0.3, 0.4) is 0 Å². The van der Waals surface area contributed by atoms with Crippen LogP contribution >= 0.6 is 39.1 Å². The minimum absolute atomic E-state index is 0.226. The third-order valence-electron chi connectivity index (χ3n) is 2.44. The molecule has 92 valence electrons. The van der Waals surface area contributed by atoms with Gasteiger partial charge in [-0.15, -0.1) is 0 Å². The number of nitrogens with two attached hydrogens (primary N) is 1. The van der Waals surface area contributed by atoms with E-state index in [0.29, 0.717) is 26.9 Å². The number of hydrogen-bond donors (Lipinski definition) is 1. The maximum Gasteiger partial charge on any atom is 0.196 e.